The number of nitrogens with zero attached hydrogens (tertiary/aromatic N) is 2. The highest BCUT2D eigenvalue weighted by Crippen LogP contribution is 2.29. The first kappa shape index (κ1) is 12.7. The molecule has 2 aromatic rings. The van der Waals surface area contributed by atoms with Crippen molar-refractivity contribution in [2.75, 3.05) is 50.4 Å². The van der Waals surface area contributed by atoms with Gasteiger partial charge in [-0.2, -0.15) is 0 Å². The largest absolute Gasteiger partial charge is 0.395 e. The molecular formula is C13H18N4OS. The molecule has 0 amide bonds. The highest BCUT2D eigenvalue weighted by atomic mass is 32.1. The van der Waals surface area contributed by atoms with Crippen molar-refractivity contribution in [3.8, 4) is 0 Å². The quantitative estimate of drug-likeness (QED) is 0.832. The number of thiazole rings is 1. The van der Waals surface area contributed by atoms with Crippen molar-refractivity contribution in [2.24, 2.45) is 0 Å². The maximum Gasteiger partial charge on any atom is 0.106 e. The van der Waals surface area contributed by atoms with E-state index in [1.165, 1.54) is 0 Å². The summed E-state index contributed by atoms with van der Waals surface area (Å²) in [5.41, 5.74) is 10.6. The number of rotatable bonds is 4. The summed E-state index contributed by atoms with van der Waals surface area (Å²) < 4.78 is 6.47. The zero-order valence-corrected chi connectivity index (χ0v) is 11.6. The van der Waals surface area contributed by atoms with Gasteiger partial charge in [-0.3, -0.25) is 4.90 Å². The van der Waals surface area contributed by atoms with Gasteiger partial charge >= 0.3 is 0 Å². The van der Waals surface area contributed by atoms with Crippen molar-refractivity contribution in [1.29, 1.82) is 0 Å². The van der Waals surface area contributed by atoms with Gasteiger partial charge in [-0.15, -0.1) is 11.3 Å². The van der Waals surface area contributed by atoms with Gasteiger partial charge in [-0.05, 0) is 12.1 Å². The molecule has 6 heteroatoms. The molecule has 1 aromatic carbocycles. The van der Waals surface area contributed by atoms with E-state index < -0.39 is 0 Å². The Bertz CT molecular complexity index is 551. The minimum Gasteiger partial charge on any atom is -0.395 e. The van der Waals surface area contributed by atoms with Crippen molar-refractivity contribution in [3.63, 3.8) is 0 Å². The second-order valence-corrected chi connectivity index (χ2v) is 5.49. The minimum absolute atomic E-state index is 0.751. The first-order valence-electron chi connectivity index (χ1n) is 6.50. The van der Waals surface area contributed by atoms with Crippen LogP contribution in [0, 0.1) is 0 Å². The van der Waals surface area contributed by atoms with Gasteiger partial charge in [0.1, 0.15) is 5.52 Å². The van der Waals surface area contributed by atoms with E-state index in [2.05, 4.69) is 21.3 Å². The second-order valence-electron chi connectivity index (χ2n) is 4.61. The van der Waals surface area contributed by atoms with Crippen LogP contribution < -0.4 is 11.1 Å². The van der Waals surface area contributed by atoms with Gasteiger partial charge < -0.3 is 15.8 Å². The SMILES string of the molecule is Nc1c(NCCN2CCOCC2)ccc2scnc12. The Morgan fingerprint density at radius 1 is 1.37 bits per heavy atom. The van der Waals surface area contributed by atoms with E-state index in [1.54, 1.807) is 11.3 Å². The lowest BCUT2D eigenvalue weighted by molar-refractivity contribution is 0.0398. The summed E-state index contributed by atoms with van der Waals surface area (Å²) in [6, 6.07) is 4.11. The van der Waals surface area contributed by atoms with Gasteiger partial charge in [-0.25, -0.2) is 4.98 Å². The summed E-state index contributed by atoms with van der Waals surface area (Å²) in [4.78, 5) is 6.70. The standard InChI is InChI=1S/C13H18N4OS/c14-12-10(1-2-11-13(12)16-9-19-11)15-3-4-17-5-7-18-8-6-17/h1-2,9,15H,3-8,14H2. The van der Waals surface area contributed by atoms with Crippen molar-refractivity contribution in [1.82, 2.24) is 9.88 Å². The predicted molar refractivity (Wildman–Crippen MR) is 79.8 cm³/mol. The molecule has 102 valence electrons. The monoisotopic (exact) mass is 278 g/mol. The predicted octanol–water partition coefficient (Wildman–Crippen LogP) is 1.62. The molecule has 1 aliphatic rings. The molecule has 5 nitrogen and oxygen atoms in total. The summed E-state index contributed by atoms with van der Waals surface area (Å²) in [6.45, 7) is 5.61. The summed E-state index contributed by atoms with van der Waals surface area (Å²) in [7, 11) is 0. The molecule has 0 atom stereocenters. The topological polar surface area (TPSA) is 63.4 Å². The lowest BCUT2D eigenvalue weighted by Crippen LogP contribution is -2.39. The average molecular weight is 278 g/mol. The molecule has 1 aliphatic heterocycles. The Morgan fingerprint density at radius 3 is 3.05 bits per heavy atom. The first-order valence-corrected chi connectivity index (χ1v) is 7.38. The zero-order chi connectivity index (χ0) is 13.1. The summed E-state index contributed by atoms with van der Waals surface area (Å²) in [6.07, 6.45) is 0. The van der Waals surface area contributed by atoms with Crippen molar-refractivity contribution in [3.05, 3.63) is 17.6 Å². The van der Waals surface area contributed by atoms with Gasteiger partial charge in [0.15, 0.2) is 0 Å². The number of morpholine rings is 1. The normalized spacial score (nSPS) is 16.8. The highest BCUT2D eigenvalue weighted by molar-refractivity contribution is 7.16. The van der Waals surface area contributed by atoms with Gasteiger partial charge in [0, 0.05) is 26.2 Å². The van der Waals surface area contributed by atoms with Crippen LogP contribution in [0.15, 0.2) is 17.6 Å². The third kappa shape index (κ3) is 2.80. The smallest absolute Gasteiger partial charge is 0.106 e. The van der Waals surface area contributed by atoms with Crippen molar-refractivity contribution in [2.45, 2.75) is 0 Å². The number of hydrogen-bond donors (Lipinski definition) is 2. The van der Waals surface area contributed by atoms with Crippen LogP contribution in [0.25, 0.3) is 10.2 Å². The molecule has 2 heterocycles. The number of anilines is 2. The number of nitrogens with two attached hydrogens (primary N) is 1. The number of hydrogen-bond acceptors (Lipinski definition) is 6. The number of nitrogens with one attached hydrogen (secondary N) is 1. The van der Waals surface area contributed by atoms with Crippen LogP contribution in [0.4, 0.5) is 11.4 Å². The summed E-state index contributed by atoms with van der Waals surface area (Å²) in [5, 5.41) is 3.40. The van der Waals surface area contributed by atoms with E-state index in [9.17, 15) is 0 Å². The van der Waals surface area contributed by atoms with Crippen molar-refractivity contribution >= 4 is 32.9 Å². The van der Waals surface area contributed by atoms with Crippen LogP contribution in [-0.4, -0.2) is 49.3 Å². The zero-order valence-electron chi connectivity index (χ0n) is 10.8. The molecule has 0 spiro atoms. The molecule has 1 fully saturated rings. The fourth-order valence-corrected chi connectivity index (χ4v) is 2.97. The molecule has 0 aliphatic carbocycles. The Labute approximate surface area is 116 Å². The Kier molecular flexibility index (Phi) is 3.82. The van der Waals surface area contributed by atoms with Crippen LogP contribution in [0.5, 0.6) is 0 Å². The highest BCUT2D eigenvalue weighted by Gasteiger charge is 2.10. The first-order chi connectivity index (χ1) is 9.34. The molecule has 0 unspecified atom stereocenters. The van der Waals surface area contributed by atoms with E-state index in [0.717, 1.165) is 61.0 Å². The molecule has 0 radical (unpaired) electrons. The molecule has 1 saturated heterocycles. The number of benzene rings is 1. The van der Waals surface area contributed by atoms with Crippen LogP contribution in [-0.2, 0) is 4.74 Å². The number of fused-ring (bicyclic) bond motifs is 1. The molecule has 0 saturated carbocycles. The van der Waals surface area contributed by atoms with E-state index in [1.807, 2.05) is 11.6 Å². The number of aromatic nitrogens is 1. The maximum absolute atomic E-state index is 6.13. The molecule has 19 heavy (non-hydrogen) atoms. The molecule has 1 aromatic heterocycles. The summed E-state index contributed by atoms with van der Waals surface area (Å²) in [5.74, 6) is 0. The van der Waals surface area contributed by atoms with Crippen LogP contribution >= 0.6 is 11.3 Å². The van der Waals surface area contributed by atoms with E-state index in [-0.39, 0.29) is 0 Å². The Balaban J connectivity index is 1.60. The van der Waals surface area contributed by atoms with Crippen molar-refractivity contribution < 1.29 is 4.74 Å². The van der Waals surface area contributed by atoms with Gasteiger partial charge in [0.25, 0.3) is 0 Å². The van der Waals surface area contributed by atoms with Gasteiger partial charge in [0.2, 0.25) is 0 Å². The van der Waals surface area contributed by atoms with Gasteiger partial charge in [0.05, 0.1) is 34.8 Å². The van der Waals surface area contributed by atoms with E-state index in [0.29, 0.717) is 0 Å². The minimum atomic E-state index is 0.751. The summed E-state index contributed by atoms with van der Waals surface area (Å²) >= 11 is 1.62. The van der Waals surface area contributed by atoms with E-state index in [4.69, 9.17) is 10.5 Å². The van der Waals surface area contributed by atoms with E-state index >= 15 is 0 Å². The van der Waals surface area contributed by atoms with Gasteiger partial charge in [-0.1, -0.05) is 0 Å². The number of nitrogen functional groups attached to an aromatic ring is 1. The lowest BCUT2D eigenvalue weighted by atomic mass is 10.2. The maximum atomic E-state index is 6.13. The molecular weight excluding hydrogens is 260 g/mol. The number of ether oxygens (including phenoxy) is 1. The Hall–Kier alpha value is -1.37. The van der Waals surface area contributed by atoms with Crippen LogP contribution in [0.3, 0.4) is 0 Å². The lowest BCUT2D eigenvalue weighted by Gasteiger charge is -2.26. The third-order valence-corrected chi connectivity index (χ3v) is 4.18. The third-order valence-electron chi connectivity index (χ3n) is 3.39. The molecule has 3 rings (SSSR count). The molecule has 0 bridgehead atoms. The second kappa shape index (κ2) is 5.73. The van der Waals surface area contributed by atoms with Crippen LogP contribution in [0.2, 0.25) is 0 Å². The fourth-order valence-electron chi connectivity index (χ4n) is 2.28. The molecule has 3 N–H and O–H groups in total. The fraction of sp³-hybridized carbons (Fsp3) is 0.462. The Morgan fingerprint density at radius 2 is 2.21 bits per heavy atom. The van der Waals surface area contributed by atoms with Crippen LogP contribution in [0.1, 0.15) is 0 Å². The average Bonchev–Trinajstić information content (AvgIpc) is 2.92.